The van der Waals surface area contributed by atoms with E-state index < -0.39 is 0 Å². The first kappa shape index (κ1) is 16.0. The summed E-state index contributed by atoms with van der Waals surface area (Å²) >= 11 is 7.03. The number of hydrogen-bond acceptors (Lipinski definition) is 2. The van der Waals surface area contributed by atoms with Gasteiger partial charge < -0.3 is 10.1 Å². The van der Waals surface area contributed by atoms with Crippen molar-refractivity contribution in [1.29, 1.82) is 0 Å². The Morgan fingerprint density at radius 1 is 1.28 bits per heavy atom. The van der Waals surface area contributed by atoms with Crippen LogP contribution in [-0.2, 0) is 6.54 Å². The molecule has 4 heteroatoms. The van der Waals surface area contributed by atoms with E-state index >= 15 is 0 Å². The van der Waals surface area contributed by atoms with Gasteiger partial charge in [0.25, 0.3) is 0 Å². The molecule has 0 aliphatic heterocycles. The highest BCUT2D eigenvalue weighted by molar-refractivity contribution is 9.11. The highest BCUT2D eigenvalue weighted by Gasteiger charge is 2.15. The monoisotopic (exact) mass is 377 g/mol. The Morgan fingerprint density at radius 2 is 1.94 bits per heavy atom. The van der Waals surface area contributed by atoms with Gasteiger partial charge in [0.15, 0.2) is 0 Å². The van der Waals surface area contributed by atoms with Gasteiger partial charge in [0.05, 0.1) is 11.6 Å². The maximum absolute atomic E-state index is 5.43. The van der Waals surface area contributed by atoms with E-state index in [1.54, 1.807) is 7.11 Å². The third-order valence-electron chi connectivity index (χ3n) is 3.17. The van der Waals surface area contributed by atoms with Crippen LogP contribution in [0.15, 0.2) is 21.1 Å². The van der Waals surface area contributed by atoms with E-state index in [0.717, 1.165) is 33.3 Å². The summed E-state index contributed by atoms with van der Waals surface area (Å²) in [6, 6.07) is 4.09. The Balaban J connectivity index is 2.73. The SMILES string of the molecule is CCC(C)(C)CNCc1cc(Br)cc(Br)c1OC. The van der Waals surface area contributed by atoms with Crippen molar-refractivity contribution in [2.24, 2.45) is 5.41 Å². The summed E-state index contributed by atoms with van der Waals surface area (Å²) in [5.74, 6) is 0.903. The highest BCUT2D eigenvalue weighted by Crippen LogP contribution is 2.32. The summed E-state index contributed by atoms with van der Waals surface area (Å²) in [5, 5.41) is 3.50. The summed E-state index contributed by atoms with van der Waals surface area (Å²) in [6.07, 6.45) is 1.17. The molecule has 1 aromatic rings. The minimum absolute atomic E-state index is 0.330. The Morgan fingerprint density at radius 3 is 2.50 bits per heavy atom. The van der Waals surface area contributed by atoms with Gasteiger partial charge in [-0.2, -0.15) is 0 Å². The highest BCUT2D eigenvalue weighted by atomic mass is 79.9. The summed E-state index contributed by atoms with van der Waals surface area (Å²) in [5.41, 5.74) is 1.49. The van der Waals surface area contributed by atoms with Gasteiger partial charge >= 0.3 is 0 Å². The van der Waals surface area contributed by atoms with Crippen molar-refractivity contribution in [2.45, 2.75) is 33.7 Å². The topological polar surface area (TPSA) is 21.3 Å². The molecule has 0 bridgehead atoms. The van der Waals surface area contributed by atoms with Crippen molar-refractivity contribution in [3.05, 3.63) is 26.6 Å². The molecule has 0 fully saturated rings. The average molecular weight is 379 g/mol. The zero-order chi connectivity index (χ0) is 13.8. The number of methoxy groups -OCH3 is 1. The molecular weight excluding hydrogens is 358 g/mol. The number of ether oxygens (including phenoxy) is 1. The first-order chi connectivity index (χ1) is 8.39. The van der Waals surface area contributed by atoms with Crippen LogP contribution >= 0.6 is 31.9 Å². The zero-order valence-electron chi connectivity index (χ0n) is 11.4. The molecule has 0 radical (unpaired) electrons. The molecule has 0 saturated heterocycles. The van der Waals surface area contributed by atoms with Gasteiger partial charge in [0.1, 0.15) is 5.75 Å². The molecule has 0 spiro atoms. The maximum Gasteiger partial charge on any atom is 0.137 e. The number of hydrogen-bond donors (Lipinski definition) is 1. The van der Waals surface area contributed by atoms with Crippen LogP contribution < -0.4 is 10.1 Å². The largest absolute Gasteiger partial charge is 0.495 e. The number of benzene rings is 1. The summed E-state index contributed by atoms with van der Waals surface area (Å²) in [7, 11) is 1.70. The van der Waals surface area contributed by atoms with Crippen LogP contribution in [-0.4, -0.2) is 13.7 Å². The molecule has 0 heterocycles. The van der Waals surface area contributed by atoms with E-state index in [9.17, 15) is 0 Å². The van der Waals surface area contributed by atoms with Gasteiger partial charge in [-0.15, -0.1) is 0 Å². The fourth-order valence-corrected chi connectivity index (χ4v) is 3.11. The van der Waals surface area contributed by atoms with Gasteiger partial charge in [0, 0.05) is 23.1 Å². The molecular formula is C14H21Br2NO. The molecule has 2 nitrogen and oxygen atoms in total. The Labute approximate surface area is 127 Å². The number of nitrogens with one attached hydrogen (secondary N) is 1. The van der Waals surface area contributed by atoms with Crippen molar-refractivity contribution in [3.63, 3.8) is 0 Å². The van der Waals surface area contributed by atoms with Gasteiger partial charge in [-0.05, 0) is 39.9 Å². The number of rotatable bonds is 6. The molecule has 1 N–H and O–H groups in total. The lowest BCUT2D eigenvalue weighted by molar-refractivity contribution is 0.325. The lowest BCUT2D eigenvalue weighted by Crippen LogP contribution is -2.28. The average Bonchev–Trinajstić information content (AvgIpc) is 2.28. The van der Waals surface area contributed by atoms with Crippen molar-refractivity contribution in [2.75, 3.05) is 13.7 Å². The van der Waals surface area contributed by atoms with Gasteiger partial charge in [0.2, 0.25) is 0 Å². The van der Waals surface area contributed by atoms with E-state index in [-0.39, 0.29) is 0 Å². The second-order valence-corrected chi connectivity index (χ2v) is 6.97. The molecule has 18 heavy (non-hydrogen) atoms. The van der Waals surface area contributed by atoms with Crippen molar-refractivity contribution < 1.29 is 4.74 Å². The quantitative estimate of drug-likeness (QED) is 0.771. The standard InChI is InChI=1S/C14H21Br2NO/c1-5-14(2,3)9-17-8-10-6-11(15)7-12(16)13(10)18-4/h6-7,17H,5,8-9H2,1-4H3. The molecule has 1 aromatic carbocycles. The van der Waals surface area contributed by atoms with Crippen LogP contribution in [0.25, 0.3) is 0 Å². The Kier molecular flexibility index (Phi) is 6.15. The fourth-order valence-electron chi connectivity index (χ4n) is 1.63. The van der Waals surface area contributed by atoms with Gasteiger partial charge in [-0.25, -0.2) is 0 Å². The van der Waals surface area contributed by atoms with Crippen LogP contribution in [0.4, 0.5) is 0 Å². The molecule has 102 valence electrons. The first-order valence-corrected chi connectivity index (χ1v) is 7.71. The van der Waals surface area contributed by atoms with Gasteiger partial charge in [-0.3, -0.25) is 0 Å². The smallest absolute Gasteiger partial charge is 0.137 e. The molecule has 0 aliphatic rings. The van der Waals surface area contributed by atoms with Crippen molar-refractivity contribution >= 4 is 31.9 Å². The zero-order valence-corrected chi connectivity index (χ0v) is 14.6. The number of halogens is 2. The summed E-state index contributed by atoms with van der Waals surface area (Å²) in [6.45, 7) is 8.57. The van der Waals surface area contributed by atoms with Crippen LogP contribution in [0.2, 0.25) is 0 Å². The normalized spacial score (nSPS) is 11.7. The van der Waals surface area contributed by atoms with Crippen molar-refractivity contribution in [3.8, 4) is 5.75 Å². The molecule has 1 rings (SSSR count). The molecule has 0 saturated carbocycles. The molecule has 0 aromatic heterocycles. The lowest BCUT2D eigenvalue weighted by atomic mass is 9.90. The van der Waals surface area contributed by atoms with E-state index in [1.807, 2.05) is 6.07 Å². The predicted octanol–water partition coefficient (Wildman–Crippen LogP) is 4.75. The molecule has 0 aliphatic carbocycles. The minimum atomic E-state index is 0.330. The summed E-state index contributed by atoms with van der Waals surface area (Å²) < 4.78 is 7.47. The second-order valence-electron chi connectivity index (χ2n) is 5.20. The van der Waals surface area contributed by atoms with E-state index in [4.69, 9.17) is 4.74 Å². The van der Waals surface area contributed by atoms with E-state index in [0.29, 0.717) is 5.41 Å². The van der Waals surface area contributed by atoms with E-state index in [2.05, 4.69) is 64.0 Å². The molecule has 0 atom stereocenters. The maximum atomic E-state index is 5.43. The predicted molar refractivity (Wildman–Crippen MR) is 84.2 cm³/mol. The fraction of sp³-hybridized carbons (Fsp3) is 0.571. The van der Waals surface area contributed by atoms with Gasteiger partial charge in [-0.1, -0.05) is 36.7 Å². The first-order valence-electron chi connectivity index (χ1n) is 6.12. The third kappa shape index (κ3) is 4.56. The second kappa shape index (κ2) is 6.92. The van der Waals surface area contributed by atoms with Crippen LogP contribution in [0.1, 0.15) is 32.8 Å². The molecule has 0 unspecified atom stereocenters. The van der Waals surface area contributed by atoms with E-state index in [1.165, 1.54) is 6.42 Å². The van der Waals surface area contributed by atoms with Crippen molar-refractivity contribution in [1.82, 2.24) is 5.32 Å². The summed E-state index contributed by atoms with van der Waals surface area (Å²) in [4.78, 5) is 0. The van der Waals surface area contributed by atoms with Crippen LogP contribution in [0.3, 0.4) is 0 Å². The lowest BCUT2D eigenvalue weighted by Gasteiger charge is -2.23. The molecule has 0 amide bonds. The van der Waals surface area contributed by atoms with Crippen LogP contribution in [0, 0.1) is 5.41 Å². The minimum Gasteiger partial charge on any atom is -0.495 e. The third-order valence-corrected chi connectivity index (χ3v) is 4.21. The Bertz CT molecular complexity index is 405. The van der Waals surface area contributed by atoms with Crippen LogP contribution in [0.5, 0.6) is 5.75 Å². The Hall–Kier alpha value is -0.0600.